The third-order valence-electron chi connectivity index (χ3n) is 1.89. The van der Waals surface area contributed by atoms with Crippen LogP contribution in [0.25, 0.3) is 0 Å². The molecule has 0 amide bonds. The Morgan fingerprint density at radius 1 is 1.46 bits per heavy atom. The Kier molecular flexibility index (Phi) is 4.83. The molecule has 0 radical (unpaired) electrons. The van der Waals surface area contributed by atoms with Gasteiger partial charge in [-0.3, -0.25) is 4.68 Å². The van der Waals surface area contributed by atoms with E-state index in [2.05, 4.69) is 17.2 Å². The molecule has 74 valence electrons. The monoisotopic (exact) mass is 201 g/mol. The molecule has 0 saturated heterocycles. The van der Waals surface area contributed by atoms with Crippen molar-refractivity contribution in [3.63, 3.8) is 0 Å². The summed E-state index contributed by atoms with van der Waals surface area (Å²) in [5.41, 5.74) is 1.05. The first-order valence-electron chi connectivity index (χ1n) is 4.81. The maximum Gasteiger partial charge on any atom is 0.0827 e. The largest absolute Gasteiger partial charge is 0.252 e. The van der Waals surface area contributed by atoms with E-state index in [1.807, 2.05) is 10.9 Å². The summed E-state index contributed by atoms with van der Waals surface area (Å²) in [6.07, 6.45) is 6.29. The molecular weight excluding hydrogens is 186 g/mol. The molecule has 0 bridgehead atoms. The van der Waals surface area contributed by atoms with Gasteiger partial charge in [-0.1, -0.05) is 18.6 Å². The fourth-order valence-electron chi connectivity index (χ4n) is 1.13. The quantitative estimate of drug-likeness (QED) is 0.661. The summed E-state index contributed by atoms with van der Waals surface area (Å²) < 4.78 is 1.91. The van der Waals surface area contributed by atoms with Gasteiger partial charge in [-0.2, -0.15) is 0 Å². The number of hydrogen-bond acceptors (Lipinski definition) is 2. The second-order valence-corrected chi connectivity index (χ2v) is 3.50. The van der Waals surface area contributed by atoms with Crippen molar-refractivity contribution in [2.24, 2.45) is 0 Å². The lowest BCUT2D eigenvalue weighted by atomic mass is 10.3. The first-order valence-corrected chi connectivity index (χ1v) is 5.35. The Bertz CT molecular complexity index is 212. The molecule has 0 N–H and O–H groups in total. The lowest BCUT2D eigenvalue weighted by Crippen LogP contribution is -1.97. The SMILES string of the molecule is CCCCn1cc(CCCCl)nn1. The van der Waals surface area contributed by atoms with Crippen LogP contribution in [0.15, 0.2) is 6.20 Å². The molecule has 0 aliphatic heterocycles. The van der Waals surface area contributed by atoms with Gasteiger partial charge in [-0.15, -0.1) is 16.7 Å². The lowest BCUT2D eigenvalue weighted by molar-refractivity contribution is 0.553. The van der Waals surface area contributed by atoms with E-state index in [9.17, 15) is 0 Å². The van der Waals surface area contributed by atoms with Crippen LogP contribution in [0, 0.1) is 0 Å². The molecule has 0 atom stereocenters. The van der Waals surface area contributed by atoms with Gasteiger partial charge < -0.3 is 0 Å². The molecule has 13 heavy (non-hydrogen) atoms. The van der Waals surface area contributed by atoms with Crippen molar-refractivity contribution in [1.82, 2.24) is 15.0 Å². The maximum absolute atomic E-state index is 5.59. The van der Waals surface area contributed by atoms with Crippen LogP contribution in [-0.2, 0) is 13.0 Å². The average molecular weight is 202 g/mol. The van der Waals surface area contributed by atoms with Crippen LogP contribution in [-0.4, -0.2) is 20.9 Å². The zero-order valence-corrected chi connectivity index (χ0v) is 8.80. The first kappa shape index (κ1) is 10.5. The Morgan fingerprint density at radius 2 is 2.31 bits per heavy atom. The smallest absolute Gasteiger partial charge is 0.0827 e. The van der Waals surface area contributed by atoms with Crippen molar-refractivity contribution in [3.8, 4) is 0 Å². The molecule has 0 aromatic carbocycles. The summed E-state index contributed by atoms with van der Waals surface area (Å²) >= 11 is 5.59. The van der Waals surface area contributed by atoms with Crippen molar-refractivity contribution in [1.29, 1.82) is 0 Å². The number of halogens is 1. The molecule has 1 heterocycles. The second kappa shape index (κ2) is 5.97. The molecule has 1 rings (SSSR count). The minimum atomic E-state index is 0.696. The summed E-state index contributed by atoms with van der Waals surface area (Å²) in [5, 5.41) is 8.09. The lowest BCUT2D eigenvalue weighted by Gasteiger charge is -1.95. The standard InChI is InChI=1S/C9H16ClN3/c1-2-3-7-13-8-9(11-12-13)5-4-6-10/h8H,2-7H2,1H3. The molecule has 0 spiro atoms. The summed E-state index contributed by atoms with van der Waals surface area (Å²) in [7, 11) is 0. The molecule has 0 fully saturated rings. The Hall–Kier alpha value is -0.570. The van der Waals surface area contributed by atoms with E-state index >= 15 is 0 Å². The Balaban J connectivity index is 2.34. The number of aryl methyl sites for hydroxylation is 2. The molecule has 3 nitrogen and oxygen atoms in total. The number of hydrogen-bond donors (Lipinski definition) is 0. The highest BCUT2D eigenvalue weighted by molar-refractivity contribution is 6.17. The van der Waals surface area contributed by atoms with Crippen molar-refractivity contribution in [2.75, 3.05) is 5.88 Å². The normalized spacial score (nSPS) is 10.6. The fraction of sp³-hybridized carbons (Fsp3) is 0.778. The Labute approximate surface area is 84.1 Å². The topological polar surface area (TPSA) is 30.7 Å². The van der Waals surface area contributed by atoms with Gasteiger partial charge in [0.05, 0.1) is 5.69 Å². The van der Waals surface area contributed by atoms with Crippen molar-refractivity contribution in [3.05, 3.63) is 11.9 Å². The van der Waals surface area contributed by atoms with Crippen LogP contribution >= 0.6 is 11.6 Å². The molecule has 0 aliphatic rings. The van der Waals surface area contributed by atoms with E-state index in [0.29, 0.717) is 5.88 Å². The molecule has 0 saturated carbocycles. The number of rotatable bonds is 6. The molecule has 0 aliphatic carbocycles. The zero-order valence-electron chi connectivity index (χ0n) is 8.04. The van der Waals surface area contributed by atoms with Gasteiger partial charge in [0.25, 0.3) is 0 Å². The van der Waals surface area contributed by atoms with Crippen molar-refractivity contribution >= 4 is 11.6 Å². The second-order valence-electron chi connectivity index (χ2n) is 3.12. The van der Waals surface area contributed by atoms with Crippen LogP contribution < -0.4 is 0 Å². The molecule has 1 aromatic rings. The predicted octanol–water partition coefficient (Wildman–Crippen LogP) is 2.25. The first-order chi connectivity index (χ1) is 6.36. The fourth-order valence-corrected chi connectivity index (χ4v) is 1.26. The average Bonchev–Trinajstić information content (AvgIpc) is 2.59. The number of nitrogens with zero attached hydrogens (tertiary/aromatic N) is 3. The molecule has 4 heteroatoms. The third kappa shape index (κ3) is 3.77. The van der Waals surface area contributed by atoms with E-state index < -0.39 is 0 Å². The summed E-state index contributed by atoms with van der Waals surface area (Å²) in [6.45, 7) is 3.15. The molecular formula is C9H16ClN3. The van der Waals surface area contributed by atoms with Gasteiger partial charge in [0.15, 0.2) is 0 Å². The van der Waals surface area contributed by atoms with Gasteiger partial charge >= 0.3 is 0 Å². The maximum atomic E-state index is 5.59. The van der Waals surface area contributed by atoms with Gasteiger partial charge in [-0.05, 0) is 19.3 Å². The predicted molar refractivity (Wildman–Crippen MR) is 54.0 cm³/mol. The van der Waals surface area contributed by atoms with Gasteiger partial charge in [0.2, 0.25) is 0 Å². The highest BCUT2D eigenvalue weighted by Gasteiger charge is 1.99. The summed E-state index contributed by atoms with van der Waals surface area (Å²) in [6, 6.07) is 0. The zero-order chi connectivity index (χ0) is 9.52. The van der Waals surface area contributed by atoms with Gasteiger partial charge in [0.1, 0.15) is 0 Å². The summed E-state index contributed by atoms with van der Waals surface area (Å²) in [5.74, 6) is 0.696. The van der Waals surface area contributed by atoms with E-state index in [0.717, 1.165) is 31.5 Å². The Morgan fingerprint density at radius 3 is 3.00 bits per heavy atom. The van der Waals surface area contributed by atoms with E-state index in [1.54, 1.807) is 0 Å². The van der Waals surface area contributed by atoms with Crippen LogP contribution in [0.5, 0.6) is 0 Å². The number of aromatic nitrogens is 3. The van der Waals surface area contributed by atoms with Crippen molar-refractivity contribution in [2.45, 2.75) is 39.2 Å². The minimum absolute atomic E-state index is 0.696. The van der Waals surface area contributed by atoms with Crippen LogP contribution in [0.2, 0.25) is 0 Å². The highest BCUT2D eigenvalue weighted by Crippen LogP contribution is 2.00. The van der Waals surface area contributed by atoms with Gasteiger partial charge in [0, 0.05) is 18.6 Å². The molecule has 1 aromatic heterocycles. The van der Waals surface area contributed by atoms with Crippen molar-refractivity contribution < 1.29 is 0 Å². The third-order valence-corrected chi connectivity index (χ3v) is 2.16. The summed E-state index contributed by atoms with van der Waals surface area (Å²) in [4.78, 5) is 0. The highest BCUT2D eigenvalue weighted by atomic mass is 35.5. The number of alkyl halides is 1. The molecule has 0 unspecified atom stereocenters. The van der Waals surface area contributed by atoms with Gasteiger partial charge in [-0.25, -0.2) is 0 Å². The number of unbranched alkanes of at least 4 members (excludes halogenated alkanes) is 1. The van der Waals surface area contributed by atoms with E-state index in [1.165, 1.54) is 6.42 Å². The van der Waals surface area contributed by atoms with E-state index in [-0.39, 0.29) is 0 Å². The van der Waals surface area contributed by atoms with Crippen LogP contribution in [0.3, 0.4) is 0 Å². The van der Waals surface area contributed by atoms with E-state index in [4.69, 9.17) is 11.6 Å². The van der Waals surface area contributed by atoms with Crippen LogP contribution in [0.1, 0.15) is 31.9 Å². The minimum Gasteiger partial charge on any atom is -0.252 e. The van der Waals surface area contributed by atoms with Crippen LogP contribution in [0.4, 0.5) is 0 Å².